The molecule has 0 aliphatic carbocycles. The van der Waals surface area contributed by atoms with Crippen LogP contribution < -0.4 is 14.4 Å². The minimum atomic E-state index is -3.18. The molecule has 152 valence electrons. The number of amides is 1. The van der Waals surface area contributed by atoms with E-state index < -0.39 is 21.7 Å². The smallest absolute Gasteiger partial charge is 0.303 e. The van der Waals surface area contributed by atoms with E-state index in [1.54, 1.807) is 23.1 Å². The van der Waals surface area contributed by atoms with Crippen LogP contribution in [0.1, 0.15) is 12.8 Å². The Hall–Kier alpha value is -2.27. The number of methoxy groups -OCH3 is 2. The van der Waals surface area contributed by atoms with E-state index in [0.29, 0.717) is 22.4 Å². The summed E-state index contributed by atoms with van der Waals surface area (Å²) in [5, 5.41) is 8.86. The number of aliphatic carboxylic acids is 1. The number of aliphatic imine (C=N–C) groups is 1. The van der Waals surface area contributed by atoms with Gasteiger partial charge >= 0.3 is 5.97 Å². The first-order valence-electron chi connectivity index (χ1n) is 8.45. The summed E-state index contributed by atoms with van der Waals surface area (Å²) >= 11 is 1.23. The molecule has 0 spiro atoms. The number of nitrogens with zero attached hydrogens (tertiary/aromatic N) is 2. The first kappa shape index (κ1) is 20.5. The molecule has 2 aliphatic rings. The molecule has 1 amide bonds. The van der Waals surface area contributed by atoms with Gasteiger partial charge in [0.05, 0.1) is 38.2 Å². The van der Waals surface area contributed by atoms with Crippen molar-refractivity contribution in [1.82, 2.24) is 0 Å². The van der Waals surface area contributed by atoms with Gasteiger partial charge in [0, 0.05) is 23.4 Å². The number of hydrogen-bond acceptors (Lipinski definition) is 7. The first-order valence-corrected chi connectivity index (χ1v) is 11.2. The number of carbonyl (C=O) groups is 2. The molecule has 1 aromatic rings. The molecule has 2 fully saturated rings. The first-order chi connectivity index (χ1) is 13.2. The van der Waals surface area contributed by atoms with Gasteiger partial charge < -0.3 is 19.5 Å². The summed E-state index contributed by atoms with van der Waals surface area (Å²) in [6.07, 6.45) is -0.523. The molecule has 2 heterocycles. The lowest BCUT2D eigenvalue weighted by Gasteiger charge is -2.25. The lowest BCUT2D eigenvalue weighted by molar-refractivity contribution is -0.138. The van der Waals surface area contributed by atoms with Gasteiger partial charge in [-0.25, -0.2) is 8.42 Å². The Bertz CT molecular complexity index is 929. The Labute approximate surface area is 166 Å². The zero-order chi connectivity index (χ0) is 20.5. The number of carbonyl (C=O) groups excluding carboxylic acids is 1. The number of hydrogen-bond donors (Lipinski definition) is 1. The minimum absolute atomic E-state index is 0.00839. The molecule has 2 aliphatic heterocycles. The van der Waals surface area contributed by atoms with Gasteiger partial charge in [-0.15, -0.1) is 0 Å². The van der Waals surface area contributed by atoms with Gasteiger partial charge in [0.15, 0.2) is 26.5 Å². The van der Waals surface area contributed by atoms with Crippen molar-refractivity contribution in [3.8, 4) is 11.5 Å². The van der Waals surface area contributed by atoms with Crippen molar-refractivity contribution in [2.45, 2.75) is 24.1 Å². The van der Waals surface area contributed by atoms with E-state index >= 15 is 0 Å². The second-order valence-electron chi connectivity index (χ2n) is 6.39. The van der Waals surface area contributed by atoms with Crippen molar-refractivity contribution in [3.05, 3.63) is 18.2 Å². The monoisotopic (exact) mass is 428 g/mol. The standard InChI is InChI=1S/C17H20N2O7S2/c1-25-12-4-3-10(7-13(12)26-2)19-11-8-28(23,24)9-14(11)27-17(19)18-15(20)5-6-16(21)22/h3-4,7,11,14H,5-6,8-9H2,1-2H3,(H,21,22)/t11-,14+/m1/s1. The topological polar surface area (TPSA) is 123 Å². The third-order valence-electron chi connectivity index (χ3n) is 4.48. The number of amidine groups is 1. The van der Waals surface area contributed by atoms with Crippen LogP contribution >= 0.6 is 11.8 Å². The van der Waals surface area contributed by atoms with Crippen LogP contribution in [-0.4, -0.2) is 67.6 Å². The van der Waals surface area contributed by atoms with Crippen molar-refractivity contribution < 1.29 is 32.6 Å². The van der Waals surface area contributed by atoms with Crippen LogP contribution in [0.5, 0.6) is 11.5 Å². The van der Waals surface area contributed by atoms with E-state index in [1.165, 1.54) is 26.0 Å². The second kappa shape index (κ2) is 8.00. The molecule has 0 bridgehead atoms. The fourth-order valence-electron chi connectivity index (χ4n) is 3.22. The van der Waals surface area contributed by atoms with Gasteiger partial charge in [0.25, 0.3) is 0 Å². The Balaban J connectivity index is 1.96. The third-order valence-corrected chi connectivity index (χ3v) is 7.69. The second-order valence-corrected chi connectivity index (χ2v) is 9.75. The van der Waals surface area contributed by atoms with Gasteiger partial charge in [-0.2, -0.15) is 4.99 Å². The lowest BCUT2D eigenvalue weighted by atomic mass is 10.2. The van der Waals surface area contributed by atoms with Gasteiger partial charge in [0.1, 0.15) is 0 Å². The molecular formula is C17H20N2O7S2. The molecule has 0 saturated carbocycles. The van der Waals surface area contributed by atoms with Crippen LogP contribution in [0.25, 0.3) is 0 Å². The highest BCUT2D eigenvalue weighted by molar-refractivity contribution is 8.16. The lowest BCUT2D eigenvalue weighted by Crippen LogP contribution is -2.37. The summed E-state index contributed by atoms with van der Waals surface area (Å²) in [7, 11) is -0.180. The molecule has 0 aromatic heterocycles. The predicted molar refractivity (Wildman–Crippen MR) is 105 cm³/mol. The number of benzene rings is 1. The Morgan fingerprint density at radius 2 is 1.93 bits per heavy atom. The Morgan fingerprint density at radius 1 is 1.21 bits per heavy atom. The van der Waals surface area contributed by atoms with Gasteiger partial charge in [-0.1, -0.05) is 11.8 Å². The molecule has 3 rings (SSSR count). The van der Waals surface area contributed by atoms with Crippen molar-refractivity contribution in [3.63, 3.8) is 0 Å². The molecule has 0 radical (unpaired) electrons. The molecular weight excluding hydrogens is 408 g/mol. The number of sulfone groups is 1. The van der Waals surface area contributed by atoms with Crippen LogP contribution in [0.15, 0.2) is 23.2 Å². The quantitative estimate of drug-likeness (QED) is 0.711. The maximum atomic E-state index is 12.1. The van der Waals surface area contributed by atoms with E-state index in [2.05, 4.69) is 4.99 Å². The molecule has 2 saturated heterocycles. The fraction of sp³-hybridized carbons (Fsp3) is 0.471. The zero-order valence-corrected chi connectivity index (χ0v) is 17.0. The van der Waals surface area contributed by atoms with Crippen LogP contribution in [0.2, 0.25) is 0 Å². The molecule has 1 N–H and O–H groups in total. The van der Waals surface area contributed by atoms with Crippen LogP contribution in [0, 0.1) is 0 Å². The summed E-state index contributed by atoms with van der Waals surface area (Å²) in [6, 6.07) is 4.77. The largest absolute Gasteiger partial charge is 0.493 e. The van der Waals surface area contributed by atoms with Crippen LogP contribution in [0.3, 0.4) is 0 Å². The van der Waals surface area contributed by atoms with E-state index in [0.717, 1.165) is 0 Å². The zero-order valence-electron chi connectivity index (χ0n) is 15.3. The Kier molecular flexibility index (Phi) is 5.84. The highest BCUT2D eigenvalue weighted by Crippen LogP contribution is 2.43. The van der Waals surface area contributed by atoms with Gasteiger partial charge in [0.2, 0.25) is 5.91 Å². The highest BCUT2D eigenvalue weighted by Gasteiger charge is 2.49. The summed E-state index contributed by atoms with van der Waals surface area (Å²) in [6.45, 7) is 0. The SMILES string of the molecule is COc1ccc(N2C(=NC(=O)CCC(=O)O)S[C@H]3CS(=O)(=O)C[C@H]32)cc1OC. The number of thioether (sulfide) groups is 1. The highest BCUT2D eigenvalue weighted by atomic mass is 32.2. The molecule has 28 heavy (non-hydrogen) atoms. The maximum absolute atomic E-state index is 12.1. The number of carboxylic acid groups (broad SMARTS) is 1. The number of anilines is 1. The normalized spacial score (nSPS) is 24.2. The summed E-state index contributed by atoms with van der Waals surface area (Å²) in [5.41, 5.74) is 0.625. The third kappa shape index (κ3) is 4.25. The van der Waals surface area contributed by atoms with Crippen LogP contribution in [0.4, 0.5) is 5.69 Å². The summed E-state index contributed by atoms with van der Waals surface area (Å²) < 4.78 is 34.7. The molecule has 0 unspecified atom stereocenters. The average Bonchev–Trinajstić information content (AvgIpc) is 3.10. The number of rotatable bonds is 6. The van der Waals surface area contributed by atoms with Crippen molar-refractivity contribution in [2.75, 3.05) is 30.6 Å². The maximum Gasteiger partial charge on any atom is 0.303 e. The van der Waals surface area contributed by atoms with Gasteiger partial charge in [-0.3, -0.25) is 9.59 Å². The molecule has 9 nitrogen and oxygen atoms in total. The molecule has 1 aromatic carbocycles. The van der Waals surface area contributed by atoms with E-state index in [4.69, 9.17) is 14.6 Å². The number of carboxylic acids is 1. The number of fused-ring (bicyclic) bond motifs is 1. The molecule has 2 atom stereocenters. The van der Waals surface area contributed by atoms with Crippen molar-refractivity contribution in [1.29, 1.82) is 0 Å². The van der Waals surface area contributed by atoms with E-state index in [9.17, 15) is 18.0 Å². The van der Waals surface area contributed by atoms with E-state index in [-0.39, 0.29) is 35.6 Å². The van der Waals surface area contributed by atoms with Gasteiger partial charge in [-0.05, 0) is 12.1 Å². The van der Waals surface area contributed by atoms with E-state index in [1.807, 2.05) is 0 Å². The average molecular weight is 428 g/mol. The van der Waals surface area contributed by atoms with Crippen molar-refractivity contribution >= 4 is 44.3 Å². The van der Waals surface area contributed by atoms with Crippen LogP contribution in [-0.2, 0) is 19.4 Å². The number of ether oxygens (including phenoxy) is 2. The summed E-state index contributed by atoms with van der Waals surface area (Å²) in [5.74, 6) is -0.684. The Morgan fingerprint density at radius 3 is 2.57 bits per heavy atom. The summed E-state index contributed by atoms with van der Waals surface area (Å²) in [4.78, 5) is 28.6. The minimum Gasteiger partial charge on any atom is -0.493 e. The fourth-order valence-corrected chi connectivity index (χ4v) is 7.15. The van der Waals surface area contributed by atoms with Crippen molar-refractivity contribution in [2.24, 2.45) is 4.99 Å². The molecule has 11 heteroatoms. The predicted octanol–water partition coefficient (Wildman–Crippen LogP) is 1.17.